The highest BCUT2D eigenvalue weighted by atomic mass is 19.4. The maximum atomic E-state index is 12.7. The predicted octanol–water partition coefficient (Wildman–Crippen LogP) is 2.84. The molecule has 1 aromatic heterocycles. The molecule has 0 aliphatic heterocycles. The zero-order valence-corrected chi connectivity index (χ0v) is 13.1. The van der Waals surface area contributed by atoms with Gasteiger partial charge >= 0.3 is 12.1 Å². The Bertz CT molecular complexity index is 598. The van der Waals surface area contributed by atoms with E-state index in [4.69, 9.17) is 5.11 Å². The molecule has 8 heteroatoms. The average molecular weight is 343 g/mol. The molecule has 1 aromatic rings. The van der Waals surface area contributed by atoms with Crippen molar-refractivity contribution in [3.05, 3.63) is 24.0 Å². The molecular weight excluding hydrogens is 323 g/mol. The highest BCUT2D eigenvalue weighted by molar-refractivity contribution is 5.69. The van der Waals surface area contributed by atoms with Crippen LogP contribution in [0, 0.1) is 5.92 Å². The molecule has 132 valence electrons. The van der Waals surface area contributed by atoms with E-state index in [2.05, 4.69) is 10.3 Å². The molecule has 24 heavy (non-hydrogen) atoms. The van der Waals surface area contributed by atoms with Gasteiger partial charge in [-0.25, -0.2) is 0 Å². The van der Waals surface area contributed by atoms with E-state index < -0.39 is 17.8 Å². The zero-order valence-electron chi connectivity index (χ0n) is 13.1. The van der Waals surface area contributed by atoms with Crippen molar-refractivity contribution < 1.29 is 23.1 Å². The van der Waals surface area contributed by atoms with Crippen molar-refractivity contribution in [2.75, 3.05) is 18.4 Å². The van der Waals surface area contributed by atoms with Gasteiger partial charge in [0.2, 0.25) is 0 Å². The molecule has 0 unspecified atom stereocenters. The zero-order chi connectivity index (χ0) is 17.3. The topological polar surface area (TPSA) is 65.5 Å². The quantitative estimate of drug-likeness (QED) is 0.797. The van der Waals surface area contributed by atoms with E-state index in [1.807, 2.05) is 4.90 Å². The first-order chi connectivity index (χ1) is 11.3. The number of anilines is 1. The van der Waals surface area contributed by atoms with Crippen molar-refractivity contribution in [3.63, 3.8) is 0 Å². The first-order valence-corrected chi connectivity index (χ1v) is 8.07. The number of aliphatic carboxylic acids is 1. The van der Waals surface area contributed by atoms with Crippen LogP contribution >= 0.6 is 0 Å². The fourth-order valence-corrected chi connectivity index (χ4v) is 3.06. The Hall–Kier alpha value is -1.83. The third kappa shape index (κ3) is 4.37. The first kappa shape index (κ1) is 17.0. The Labute approximate surface area is 137 Å². The third-order valence-electron chi connectivity index (χ3n) is 4.58. The molecule has 2 saturated carbocycles. The fourth-order valence-electron chi connectivity index (χ4n) is 3.06. The van der Waals surface area contributed by atoms with Crippen LogP contribution in [0.4, 0.5) is 18.9 Å². The van der Waals surface area contributed by atoms with Crippen LogP contribution in [0.2, 0.25) is 0 Å². The summed E-state index contributed by atoms with van der Waals surface area (Å²) in [5, 5.41) is 12.1. The van der Waals surface area contributed by atoms with Gasteiger partial charge in [-0.1, -0.05) is 0 Å². The number of pyridine rings is 1. The summed E-state index contributed by atoms with van der Waals surface area (Å²) in [5.41, 5.74) is -0.516. The number of carboxylic acid groups (broad SMARTS) is 1. The van der Waals surface area contributed by atoms with E-state index >= 15 is 0 Å². The van der Waals surface area contributed by atoms with Crippen LogP contribution in [0.15, 0.2) is 18.3 Å². The van der Waals surface area contributed by atoms with Gasteiger partial charge in [0.1, 0.15) is 5.69 Å². The number of halogens is 3. The normalized spacial score (nSPS) is 23.8. The molecule has 2 aliphatic rings. The molecule has 2 N–H and O–H groups in total. The Morgan fingerprint density at radius 2 is 2.08 bits per heavy atom. The fraction of sp³-hybridized carbons (Fsp3) is 0.625. The molecule has 2 fully saturated rings. The Morgan fingerprint density at radius 3 is 2.67 bits per heavy atom. The highest BCUT2D eigenvalue weighted by Gasteiger charge is 2.37. The summed E-state index contributed by atoms with van der Waals surface area (Å²) in [7, 11) is 0. The molecule has 0 saturated heterocycles. The molecule has 0 amide bonds. The summed E-state index contributed by atoms with van der Waals surface area (Å²) >= 11 is 0. The van der Waals surface area contributed by atoms with Crippen molar-refractivity contribution >= 4 is 11.7 Å². The summed E-state index contributed by atoms with van der Waals surface area (Å²) in [4.78, 5) is 16.3. The van der Waals surface area contributed by atoms with Gasteiger partial charge in [-0.05, 0) is 43.7 Å². The van der Waals surface area contributed by atoms with Gasteiger partial charge in [0.05, 0.1) is 6.54 Å². The van der Waals surface area contributed by atoms with E-state index in [0.29, 0.717) is 11.6 Å². The number of alkyl halides is 3. The third-order valence-corrected chi connectivity index (χ3v) is 4.58. The molecule has 0 aromatic carbocycles. The second kappa shape index (κ2) is 6.58. The maximum Gasteiger partial charge on any atom is 0.433 e. The van der Waals surface area contributed by atoms with Gasteiger partial charge in [-0.15, -0.1) is 0 Å². The van der Waals surface area contributed by atoms with Crippen LogP contribution in [0.1, 0.15) is 31.4 Å². The molecule has 0 atom stereocenters. The van der Waals surface area contributed by atoms with Gasteiger partial charge in [-0.3, -0.25) is 14.7 Å². The smallest absolute Gasteiger partial charge is 0.433 e. The molecule has 0 spiro atoms. The lowest BCUT2D eigenvalue weighted by atomic mass is 9.85. The molecule has 5 nitrogen and oxygen atoms in total. The Kier molecular flexibility index (Phi) is 4.67. The van der Waals surface area contributed by atoms with Gasteiger partial charge in [0.15, 0.2) is 0 Å². The number of aromatic nitrogens is 1. The largest absolute Gasteiger partial charge is 0.480 e. The first-order valence-electron chi connectivity index (χ1n) is 8.07. The molecular formula is C16H20F3N3O2. The van der Waals surface area contributed by atoms with Crippen molar-refractivity contribution in [2.24, 2.45) is 5.92 Å². The van der Waals surface area contributed by atoms with Gasteiger partial charge in [-0.2, -0.15) is 13.2 Å². The summed E-state index contributed by atoms with van der Waals surface area (Å²) in [6, 6.07) is 2.77. The van der Waals surface area contributed by atoms with Crippen molar-refractivity contribution in [1.29, 1.82) is 0 Å². The second-order valence-corrected chi connectivity index (χ2v) is 6.66. The molecule has 0 bridgehead atoms. The van der Waals surface area contributed by atoms with Crippen LogP contribution in [0.3, 0.4) is 0 Å². The number of nitrogens with one attached hydrogen (secondary N) is 1. The monoisotopic (exact) mass is 343 g/mol. The molecule has 2 aliphatic carbocycles. The second-order valence-electron chi connectivity index (χ2n) is 6.66. The van der Waals surface area contributed by atoms with Crippen LogP contribution in [-0.2, 0) is 11.0 Å². The van der Waals surface area contributed by atoms with E-state index in [0.717, 1.165) is 44.5 Å². The van der Waals surface area contributed by atoms with Crippen LogP contribution < -0.4 is 5.32 Å². The summed E-state index contributed by atoms with van der Waals surface area (Å²) in [6.07, 6.45) is 0.477. The van der Waals surface area contributed by atoms with E-state index in [1.54, 1.807) is 0 Å². The van der Waals surface area contributed by atoms with Crippen LogP contribution in [-0.4, -0.2) is 46.1 Å². The summed E-state index contributed by atoms with van der Waals surface area (Å²) < 4.78 is 38.0. The van der Waals surface area contributed by atoms with Crippen molar-refractivity contribution in [1.82, 2.24) is 9.88 Å². The van der Waals surface area contributed by atoms with Gasteiger partial charge < -0.3 is 10.4 Å². The summed E-state index contributed by atoms with van der Waals surface area (Å²) in [5.74, 6) is -0.234. The minimum Gasteiger partial charge on any atom is -0.480 e. The molecule has 3 rings (SSSR count). The molecule has 1 heterocycles. The summed E-state index contributed by atoms with van der Waals surface area (Å²) in [6.45, 7) is 0.832. The number of hydrogen-bond donors (Lipinski definition) is 2. The number of nitrogens with zero attached hydrogens (tertiary/aromatic N) is 2. The average Bonchev–Trinajstić information content (AvgIpc) is 3.24. The van der Waals surface area contributed by atoms with Crippen LogP contribution in [0.5, 0.6) is 0 Å². The Balaban J connectivity index is 1.53. The number of carboxylic acids is 1. The number of carbonyl (C=O) groups is 1. The Morgan fingerprint density at radius 1 is 1.38 bits per heavy atom. The standard InChI is InChI=1S/C16H20F3N3O2/c17-16(18,19)14-7-11(3-4-20-14)21-12-5-13(6-12)22(9-15(23)24)8-10-1-2-10/h3-4,7,10,12-13H,1-2,5-6,8-9H2,(H,20,21)(H,23,24). The number of hydrogen-bond acceptors (Lipinski definition) is 4. The van der Waals surface area contributed by atoms with E-state index in [1.165, 1.54) is 6.07 Å². The highest BCUT2D eigenvalue weighted by Crippen LogP contribution is 2.35. The van der Waals surface area contributed by atoms with E-state index in [9.17, 15) is 18.0 Å². The lowest BCUT2D eigenvalue weighted by Gasteiger charge is -2.43. The van der Waals surface area contributed by atoms with E-state index in [-0.39, 0.29) is 18.6 Å². The molecule has 0 radical (unpaired) electrons. The van der Waals surface area contributed by atoms with Gasteiger partial charge in [0, 0.05) is 30.5 Å². The maximum absolute atomic E-state index is 12.7. The lowest BCUT2D eigenvalue weighted by Crippen LogP contribution is -2.52. The SMILES string of the molecule is O=C(O)CN(CC1CC1)C1CC(Nc2ccnc(C(F)(F)F)c2)C1. The van der Waals surface area contributed by atoms with Crippen molar-refractivity contribution in [2.45, 2.75) is 43.9 Å². The van der Waals surface area contributed by atoms with Crippen molar-refractivity contribution in [3.8, 4) is 0 Å². The minimum atomic E-state index is -4.46. The van der Waals surface area contributed by atoms with Crippen LogP contribution in [0.25, 0.3) is 0 Å². The minimum absolute atomic E-state index is 0.0291. The van der Waals surface area contributed by atoms with Gasteiger partial charge in [0.25, 0.3) is 0 Å². The number of rotatable bonds is 7. The predicted molar refractivity (Wildman–Crippen MR) is 81.6 cm³/mol. The lowest BCUT2D eigenvalue weighted by molar-refractivity contribution is -0.141.